The minimum Gasteiger partial charge on any atom is -0.314 e. The van der Waals surface area contributed by atoms with E-state index in [0.29, 0.717) is 24.0 Å². The Morgan fingerprint density at radius 2 is 2.00 bits per heavy atom. The van der Waals surface area contributed by atoms with E-state index >= 15 is 0 Å². The van der Waals surface area contributed by atoms with Gasteiger partial charge >= 0.3 is 5.69 Å². The second kappa shape index (κ2) is 6.11. The normalized spacial score (nSPS) is 27.5. The molecule has 4 rings (SSSR count). The average Bonchev–Trinajstić information content (AvgIpc) is 2.92. The Hall–Kier alpha value is -2.48. The predicted molar refractivity (Wildman–Crippen MR) is 89.1 cm³/mol. The van der Waals surface area contributed by atoms with Crippen LogP contribution in [0.1, 0.15) is 36.8 Å². The molecule has 1 unspecified atom stereocenters. The Morgan fingerprint density at radius 1 is 1.16 bits per heavy atom. The van der Waals surface area contributed by atoms with Crippen molar-refractivity contribution >= 4 is 22.8 Å². The molecule has 0 aliphatic carbocycles. The average molecular weight is 346 g/mol. The van der Waals surface area contributed by atoms with Crippen LogP contribution in [0.2, 0.25) is 0 Å². The summed E-state index contributed by atoms with van der Waals surface area (Å²) in [5.41, 5.74) is 1.49. The molecule has 0 radical (unpaired) electrons. The Labute approximate surface area is 142 Å². The van der Waals surface area contributed by atoms with E-state index in [4.69, 9.17) is 0 Å². The lowest BCUT2D eigenvalue weighted by Gasteiger charge is -2.27. The van der Waals surface area contributed by atoms with E-state index in [9.17, 15) is 18.8 Å². The summed E-state index contributed by atoms with van der Waals surface area (Å²) in [5.74, 6) is -1.10. The van der Waals surface area contributed by atoms with Gasteiger partial charge in [-0.15, -0.1) is 0 Å². The first kappa shape index (κ1) is 16.0. The van der Waals surface area contributed by atoms with Gasteiger partial charge in [0.15, 0.2) is 0 Å². The third-order valence-electron chi connectivity index (χ3n) is 5.11. The number of imidazole rings is 1. The summed E-state index contributed by atoms with van der Waals surface area (Å²) in [6.07, 6.45) is 0.0878. The molecule has 2 aromatic rings. The van der Waals surface area contributed by atoms with Gasteiger partial charge in [0.05, 0.1) is 11.0 Å². The summed E-state index contributed by atoms with van der Waals surface area (Å²) in [5, 5.41) is 5.30. The van der Waals surface area contributed by atoms with Crippen molar-refractivity contribution in [3.63, 3.8) is 0 Å². The number of nitrogens with one attached hydrogen (secondary N) is 3. The smallest absolute Gasteiger partial charge is 0.314 e. The number of aromatic amines is 1. The molecule has 0 bridgehead atoms. The van der Waals surface area contributed by atoms with Gasteiger partial charge in [-0.05, 0) is 31.0 Å². The van der Waals surface area contributed by atoms with E-state index < -0.39 is 23.8 Å². The van der Waals surface area contributed by atoms with Crippen molar-refractivity contribution in [1.29, 1.82) is 0 Å². The molecule has 0 spiro atoms. The predicted octanol–water partition coefficient (Wildman–Crippen LogP) is 0.722. The van der Waals surface area contributed by atoms with Crippen molar-refractivity contribution in [3.8, 4) is 0 Å². The number of rotatable bonds is 2. The van der Waals surface area contributed by atoms with Gasteiger partial charge in [0.2, 0.25) is 11.8 Å². The number of nitrogens with zero attached hydrogens (tertiary/aromatic N) is 1. The lowest BCUT2D eigenvalue weighted by molar-refractivity contribution is -0.135. The van der Waals surface area contributed by atoms with Gasteiger partial charge in [0, 0.05) is 18.9 Å². The Bertz CT molecular complexity index is 903. The number of benzene rings is 1. The molecule has 2 fully saturated rings. The number of amides is 2. The number of hydrogen-bond donors (Lipinski definition) is 3. The van der Waals surface area contributed by atoms with Gasteiger partial charge < -0.3 is 10.3 Å². The van der Waals surface area contributed by atoms with Gasteiger partial charge in [-0.25, -0.2) is 9.18 Å². The minimum absolute atomic E-state index is 0.191. The summed E-state index contributed by atoms with van der Waals surface area (Å²) in [4.78, 5) is 38.8. The lowest BCUT2D eigenvalue weighted by atomic mass is 9.88. The Balaban J connectivity index is 1.81. The van der Waals surface area contributed by atoms with Crippen LogP contribution in [-0.2, 0) is 9.59 Å². The van der Waals surface area contributed by atoms with Crippen molar-refractivity contribution in [3.05, 3.63) is 34.2 Å². The number of hydrogen-bond acceptors (Lipinski definition) is 4. The quantitative estimate of drug-likeness (QED) is 0.698. The molecular formula is C17H19FN4O3. The third-order valence-corrected chi connectivity index (χ3v) is 5.11. The largest absolute Gasteiger partial charge is 0.327 e. The maximum Gasteiger partial charge on any atom is 0.327 e. The van der Waals surface area contributed by atoms with Crippen LogP contribution < -0.4 is 16.3 Å². The van der Waals surface area contributed by atoms with Gasteiger partial charge in [-0.2, -0.15) is 0 Å². The van der Waals surface area contributed by atoms with E-state index in [1.54, 1.807) is 12.1 Å². The minimum atomic E-state index is -1.03. The molecule has 2 aliphatic heterocycles. The number of halogens is 1. The molecule has 132 valence electrons. The van der Waals surface area contributed by atoms with Crippen LogP contribution in [0, 0.1) is 0 Å². The first-order valence-electron chi connectivity index (χ1n) is 8.48. The second-order valence-electron chi connectivity index (χ2n) is 6.62. The zero-order chi connectivity index (χ0) is 17.6. The van der Waals surface area contributed by atoms with Crippen molar-refractivity contribution in [1.82, 2.24) is 20.2 Å². The number of alkyl halides is 1. The summed E-state index contributed by atoms with van der Waals surface area (Å²) in [7, 11) is 0. The monoisotopic (exact) mass is 346 g/mol. The van der Waals surface area contributed by atoms with Crippen molar-refractivity contribution in [2.75, 3.05) is 13.1 Å². The fraction of sp³-hybridized carbons (Fsp3) is 0.471. The second-order valence-corrected chi connectivity index (χ2v) is 6.62. The van der Waals surface area contributed by atoms with E-state index in [-0.39, 0.29) is 24.7 Å². The number of imide groups is 1. The van der Waals surface area contributed by atoms with Crippen LogP contribution in [0.4, 0.5) is 4.39 Å². The lowest BCUT2D eigenvalue weighted by Crippen LogP contribution is -2.43. The first-order valence-corrected chi connectivity index (χ1v) is 8.48. The van der Waals surface area contributed by atoms with Crippen molar-refractivity contribution < 1.29 is 14.0 Å². The van der Waals surface area contributed by atoms with E-state index in [0.717, 1.165) is 12.1 Å². The molecule has 3 N–H and O–H groups in total. The maximum atomic E-state index is 14.4. The molecule has 3 heterocycles. The Kier molecular flexibility index (Phi) is 3.91. The molecule has 1 aromatic heterocycles. The SMILES string of the molecule is O=C1CCC(n2c(=O)[nH]c3c([C@H]4CCNC[C@@H]4F)cccc32)C(=O)N1. The molecule has 25 heavy (non-hydrogen) atoms. The molecule has 8 heteroatoms. The fourth-order valence-corrected chi connectivity index (χ4v) is 3.89. The van der Waals surface area contributed by atoms with E-state index in [2.05, 4.69) is 15.6 Å². The number of carbonyl (C=O) groups is 2. The van der Waals surface area contributed by atoms with Crippen LogP contribution in [0.3, 0.4) is 0 Å². The third kappa shape index (κ3) is 2.66. The number of para-hydroxylation sites is 1. The molecular weight excluding hydrogens is 327 g/mol. The molecule has 2 amide bonds. The summed E-state index contributed by atoms with van der Waals surface area (Å²) >= 11 is 0. The van der Waals surface area contributed by atoms with E-state index in [1.807, 2.05) is 6.07 Å². The number of H-pyrrole nitrogens is 1. The highest BCUT2D eigenvalue weighted by Gasteiger charge is 2.32. The van der Waals surface area contributed by atoms with E-state index in [1.165, 1.54) is 4.57 Å². The highest BCUT2D eigenvalue weighted by atomic mass is 19.1. The molecule has 2 saturated heterocycles. The highest BCUT2D eigenvalue weighted by Crippen LogP contribution is 2.33. The molecule has 2 aliphatic rings. The molecule has 0 saturated carbocycles. The summed E-state index contributed by atoms with van der Waals surface area (Å²) < 4.78 is 15.7. The molecule has 3 atom stereocenters. The van der Waals surface area contributed by atoms with Gasteiger partial charge in [-0.1, -0.05) is 12.1 Å². The number of aromatic nitrogens is 2. The van der Waals surface area contributed by atoms with Gasteiger partial charge in [0.1, 0.15) is 12.2 Å². The zero-order valence-corrected chi connectivity index (χ0v) is 13.5. The van der Waals surface area contributed by atoms with Gasteiger partial charge in [0.25, 0.3) is 0 Å². The van der Waals surface area contributed by atoms with Crippen LogP contribution in [0.25, 0.3) is 11.0 Å². The standard InChI is InChI=1S/C17H19FN4O3/c18-11-8-19-7-6-9(11)10-2-1-3-12-15(10)21-17(25)22(12)13-4-5-14(23)20-16(13)24/h1-3,9,11,13,19H,4-8H2,(H,21,25)(H,20,23,24)/t9-,11+,13?/m1/s1. The molecule has 1 aromatic carbocycles. The number of piperidine rings is 2. The number of fused-ring (bicyclic) bond motifs is 1. The first-order chi connectivity index (χ1) is 12.1. The van der Waals surface area contributed by atoms with Crippen LogP contribution in [-0.4, -0.2) is 40.6 Å². The van der Waals surface area contributed by atoms with Crippen LogP contribution >= 0.6 is 0 Å². The summed E-state index contributed by atoms with van der Waals surface area (Å²) in [6.45, 7) is 1.01. The highest BCUT2D eigenvalue weighted by molar-refractivity contribution is 6.00. The van der Waals surface area contributed by atoms with Crippen molar-refractivity contribution in [2.24, 2.45) is 0 Å². The van der Waals surface area contributed by atoms with Crippen LogP contribution in [0.5, 0.6) is 0 Å². The molecule has 7 nitrogen and oxygen atoms in total. The maximum absolute atomic E-state index is 14.4. The fourth-order valence-electron chi connectivity index (χ4n) is 3.89. The zero-order valence-electron chi connectivity index (χ0n) is 13.5. The van der Waals surface area contributed by atoms with Crippen LogP contribution in [0.15, 0.2) is 23.0 Å². The summed E-state index contributed by atoms with van der Waals surface area (Å²) in [6, 6.07) is 4.62. The van der Waals surface area contributed by atoms with Crippen molar-refractivity contribution in [2.45, 2.75) is 37.4 Å². The Morgan fingerprint density at radius 3 is 2.76 bits per heavy atom. The number of carbonyl (C=O) groups excluding carboxylic acids is 2. The van der Waals surface area contributed by atoms with Gasteiger partial charge in [-0.3, -0.25) is 19.5 Å². The topological polar surface area (TPSA) is 96.0 Å².